The lowest BCUT2D eigenvalue weighted by Gasteiger charge is -2.23. The summed E-state index contributed by atoms with van der Waals surface area (Å²) in [6, 6.07) is 2.63. The van der Waals surface area contributed by atoms with Crippen molar-refractivity contribution >= 4 is 11.3 Å². The molecule has 1 N–H and O–H groups in total. The van der Waals surface area contributed by atoms with E-state index in [2.05, 4.69) is 43.0 Å². The first-order valence-corrected chi connectivity index (χ1v) is 6.93. The molecule has 0 aromatic carbocycles. The average molecular weight is 251 g/mol. The molecule has 1 aromatic rings. The highest BCUT2D eigenvalue weighted by atomic mass is 32.1. The van der Waals surface area contributed by atoms with E-state index in [4.69, 9.17) is 5.11 Å². The third-order valence-corrected chi connectivity index (χ3v) is 3.81. The Morgan fingerprint density at radius 3 is 2.94 bits per heavy atom. The van der Waals surface area contributed by atoms with E-state index in [1.165, 1.54) is 17.7 Å². The Balaban J connectivity index is 2.65. The number of thiophene rings is 1. The molecule has 2 nitrogen and oxygen atoms in total. The van der Waals surface area contributed by atoms with E-state index >= 15 is 0 Å². The Labute approximate surface area is 108 Å². The maximum absolute atomic E-state index is 8.72. The van der Waals surface area contributed by atoms with Gasteiger partial charge in [0.15, 0.2) is 0 Å². The van der Waals surface area contributed by atoms with Crippen molar-refractivity contribution in [1.82, 2.24) is 4.90 Å². The fourth-order valence-electron chi connectivity index (χ4n) is 1.73. The van der Waals surface area contributed by atoms with Crippen molar-refractivity contribution in [3.05, 3.63) is 21.9 Å². The predicted octanol–water partition coefficient (Wildman–Crippen LogP) is 2.71. The zero-order valence-electron chi connectivity index (χ0n) is 10.9. The van der Waals surface area contributed by atoms with Crippen molar-refractivity contribution in [1.29, 1.82) is 0 Å². The maximum Gasteiger partial charge on any atom is 0.104 e. The first kappa shape index (κ1) is 14.2. The van der Waals surface area contributed by atoms with Crippen molar-refractivity contribution in [3.63, 3.8) is 0 Å². The van der Waals surface area contributed by atoms with E-state index in [0.29, 0.717) is 6.04 Å². The normalized spacial score (nSPS) is 12.3. The molecule has 0 saturated carbocycles. The Bertz CT molecular complexity index is 388. The van der Waals surface area contributed by atoms with Crippen LogP contribution in [0.15, 0.2) is 11.4 Å². The molecule has 0 aliphatic carbocycles. The Hall–Kier alpha value is -0.820. The molecule has 1 unspecified atom stereocenters. The molecular formula is C14H21NOS. The van der Waals surface area contributed by atoms with Crippen LogP contribution < -0.4 is 0 Å². The number of hydrogen-bond donors (Lipinski definition) is 1. The third-order valence-electron chi connectivity index (χ3n) is 2.90. The van der Waals surface area contributed by atoms with Gasteiger partial charge in [0.25, 0.3) is 0 Å². The summed E-state index contributed by atoms with van der Waals surface area (Å²) in [6.07, 6.45) is 2.44. The van der Waals surface area contributed by atoms with Crippen LogP contribution in [0, 0.1) is 11.8 Å². The van der Waals surface area contributed by atoms with Crippen LogP contribution in [0.25, 0.3) is 0 Å². The molecule has 1 rings (SSSR count). The molecule has 0 aliphatic heterocycles. The lowest BCUT2D eigenvalue weighted by atomic mass is 10.1. The summed E-state index contributed by atoms with van der Waals surface area (Å²) in [5.74, 6) is 5.72. The highest BCUT2D eigenvalue weighted by Crippen LogP contribution is 2.19. The van der Waals surface area contributed by atoms with Gasteiger partial charge in [-0.3, -0.25) is 4.90 Å². The number of nitrogens with zero attached hydrogens (tertiary/aromatic N) is 1. The molecule has 0 aliphatic rings. The second-order valence-corrected chi connectivity index (χ2v) is 5.27. The summed E-state index contributed by atoms with van der Waals surface area (Å²) in [5, 5.41) is 10.8. The van der Waals surface area contributed by atoms with Crippen molar-refractivity contribution in [3.8, 4) is 11.8 Å². The smallest absolute Gasteiger partial charge is 0.104 e. The number of rotatable bonds is 5. The van der Waals surface area contributed by atoms with E-state index in [1.54, 1.807) is 11.3 Å². The highest BCUT2D eigenvalue weighted by Gasteiger charge is 2.11. The molecule has 94 valence electrons. The zero-order chi connectivity index (χ0) is 12.7. The largest absolute Gasteiger partial charge is 0.384 e. The summed E-state index contributed by atoms with van der Waals surface area (Å²) in [4.78, 5) is 3.65. The van der Waals surface area contributed by atoms with Gasteiger partial charge >= 0.3 is 0 Å². The van der Waals surface area contributed by atoms with Crippen LogP contribution in [0.5, 0.6) is 0 Å². The minimum atomic E-state index is -0.0721. The van der Waals surface area contributed by atoms with Gasteiger partial charge in [0.05, 0.1) is 0 Å². The first-order chi connectivity index (χ1) is 8.19. The molecule has 1 atom stereocenters. The van der Waals surface area contributed by atoms with Crippen LogP contribution in [0.1, 0.15) is 37.1 Å². The molecule has 0 radical (unpaired) electrons. The molecule has 0 spiro atoms. The summed E-state index contributed by atoms with van der Waals surface area (Å²) in [6.45, 7) is 5.34. The Kier molecular flexibility index (Phi) is 6.28. The van der Waals surface area contributed by atoms with E-state index in [0.717, 1.165) is 12.1 Å². The minimum Gasteiger partial charge on any atom is -0.384 e. The molecule has 1 heterocycles. The van der Waals surface area contributed by atoms with Gasteiger partial charge in [-0.2, -0.15) is 0 Å². The van der Waals surface area contributed by atoms with Crippen LogP contribution in [0.4, 0.5) is 0 Å². The maximum atomic E-state index is 8.72. The monoisotopic (exact) mass is 251 g/mol. The molecule has 0 bridgehead atoms. The van der Waals surface area contributed by atoms with Crippen molar-refractivity contribution in [2.45, 2.75) is 39.3 Å². The average Bonchev–Trinajstić information content (AvgIpc) is 2.74. The molecule has 0 saturated heterocycles. The van der Waals surface area contributed by atoms with E-state index in [-0.39, 0.29) is 6.61 Å². The van der Waals surface area contributed by atoms with Gasteiger partial charge in [-0.15, -0.1) is 11.3 Å². The quantitative estimate of drug-likeness (QED) is 0.813. The standard InChI is InChI=1S/C14H21NOS/c1-4-6-12(2)15(3)11-14-13(7-5-9-16)8-10-17-14/h8,10,12,16H,4,6,9,11H2,1-3H3. The number of hydrogen-bond acceptors (Lipinski definition) is 3. The van der Waals surface area contributed by atoms with Crippen LogP contribution in [-0.2, 0) is 6.54 Å². The second kappa shape index (κ2) is 7.50. The highest BCUT2D eigenvalue weighted by molar-refractivity contribution is 7.10. The molecular weight excluding hydrogens is 230 g/mol. The molecule has 3 heteroatoms. The number of aliphatic hydroxyl groups is 1. The lowest BCUT2D eigenvalue weighted by Crippen LogP contribution is -2.28. The van der Waals surface area contributed by atoms with E-state index < -0.39 is 0 Å². The first-order valence-electron chi connectivity index (χ1n) is 6.05. The molecule has 1 aromatic heterocycles. The van der Waals surface area contributed by atoms with Crippen molar-refractivity contribution < 1.29 is 5.11 Å². The number of aliphatic hydroxyl groups excluding tert-OH is 1. The summed E-state index contributed by atoms with van der Waals surface area (Å²) in [7, 11) is 2.16. The SMILES string of the molecule is CCCC(C)N(C)Cc1sccc1C#CCO. The zero-order valence-corrected chi connectivity index (χ0v) is 11.7. The van der Waals surface area contributed by atoms with Crippen LogP contribution in [0.3, 0.4) is 0 Å². The fraction of sp³-hybridized carbons (Fsp3) is 0.571. The van der Waals surface area contributed by atoms with Crippen molar-refractivity contribution in [2.24, 2.45) is 0 Å². The van der Waals surface area contributed by atoms with Gasteiger partial charge < -0.3 is 5.11 Å². The second-order valence-electron chi connectivity index (χ2n) is 4.27. The van der Waals surface area contributed by atoms with E-state index in [9.17, 15) is 0 Å². The van der Waals surface area contributed by atoms with Gasteiger partial charge in [-0.05, 0) is 31.8 Å². The van der Waals surface area contributed by atoms with Crippen LogP contribution >= 0.6 is 11.3 Å². The third kappa shape index (κ3) is 4.51. The molecule has 0 fully saturated rings. The topological polar surface area (TPSA) is 23.5 Å². The minimum absolute atomic E-state index is 0.0721. The van der Waals surface area contributed by atoms with Gasteiger partial charge in [-0.1, -0.05) is 25.2 Å². The lowest BCUT2D eigenvalue weighted by molar-refractivity contribution is 0.238. The molecule has 17 heavy (non-hydrogen) atoms. The Morgan fingerprint density at radius 1 is 1.53 bits per heavy atom. The fourth-order valence-corrected chi connectivity index (χ4v) is 2.62. The predicted molar refractivity (Wildman–Crippen MR) is 74.1 cm³/mol. The van der Waals surface area contributed by atoms with E-state index in [1.807, 2.05) is 6.07 Å². The van der Waals surface area contributed by atoms with Gasteiger partial charge in [0.1, 0.15) is 6.61 Å². The van der Waals surface area contributed by atoms with Gasteiger partial charge in [-0.25, -0.2) is 0 Å². The molecule has 0 amide bonds. The summed E-state index contributed by atoms with van der Waals surface area (Å²) >= 11 is 1.74. The van der Waals surface area contributed by atoms with Crippen LogP contribution in [-0.4, -0.2) is 29.7 Å². The van der Waals surface area contributed by atoms with Crippen molar-refractivity contribution in [2.75, 3.05) is 13.7 Å². The van der Waals surface area contributed by atoms with Crippen LogP contribution in [0.2, 0.25) is 0 Å². The summed E-state index contributed by atoms with van der Waals surface area (Å²) in [5.41, 5.74) is 1.06. The van der Waals surface area contributed by atoms with Gasteiger partial charge in [0.2, 0.25) is 0 Å². The Morgan fingerprint density at radius 2 is 2.29 bits per heavy atom. The van der Waals surface area contributed by atoms with Gasteiger partial charge in [0, 0.05) is 23.0 Å². The summed E-state index contributed by atoms with van der Waals surface area (Å²) < 4.78 is 0.